The van der Waals surface area contributed by atoms with E-state index in [1.807, 2.05) is 12.1 Å². The number of pyridine rings is 2. The lowest BCUT2D eigenvalue weighted by Crippen LogP contribution is -2.19. The smallest absolute Gasteiger partial charge is 0.255 e. The maximum Gasteiger partial charge on any atom is 0.255 e. The minimum Gasteiger partial charge on any atom is -0.370 e. The molecule has 11 nitrogen and oxygen atoms in total. The number of tetrazole rings is 1. The van der Waals surface area contributed by atoms with Crippen molar-refractivity contribution in [1.82, 2.24) is 40.1 Å². The fourth-order valence-corrected chi connectivity index (χ4v) is 4.07. The van der Waals surface area contributed by atoms with E-state index in [2.05, 4.69) is 46.2 Å². The molecule has 1 fully saturated rings. The summed E-state index contributed by atoms with van der Waals surface area (Å²) in [5.74, 6) is 2.45. The Kier molecular flexibility index (Phi) is 5.94. The molecule has 2 atom stereocenters. The van der Waals surface area contributed by atoms with Crippen LogP contribution in [0.25, 0.3) is 17.1 Å². The fraction of sp³-hybridized carbons (Fsp3) is 0.286. The molecule has 1 saturated carbocycles. The summed E-state index contributed by atoms with van der Waals surface area (Å²) in [4.78, 5) is 25.1. The van der Waals surface area contributed by atoms with E-state index in [9.17, 15) is 4.79 Å². The topological polar surface area (TPSA) is 139 Å². The number of hydrogen-bond donors (Lipinski definition) is 3. The van der Waals surface area contributed by atoms with E-state index in [1.165, 1.54) is 10.6 Å². The van der Waals surface area contributed by atoms with Gasteiger partial charge in [-0.3, -0.25) is 9.36 Å². The molecule has 0 aliphatic heterocycles. The van der Waals surface area contributed by atoms with Gasteiger partial charge in [0, 0.05) is 30.4 Å². The van der Waals surface area contributed by atoms with Gasteiger partial charge < -0.3 is 10.6 Å². The molecule has 0 unspecified atom stereocenters. The predicted octanol–water partition coefficient (Wildman–Crippen LogP) is 2.55. The molecule has 0 bridgehead atoms. The first kappa shape index (κ1) is 21.0. The Morgan fingerprint density at radius 3 is 2.73 bits per heavy atom. The zero-order valence-corrected chi connectivity index (χ0v) is 18.3. The van der Waals surface area contributed by atoms with E-state index in [0.717, 1.165) is 37.4 Å². The third kappa shape index (κ3) is 4.98. The molecule has 0 aromatic carbocycles. The summed E-state index contributed by atoms with van der Waals surface area (Å²) in [6, 6.07) is 7.22. The fourth-order valence-electron chi connectivity index (χ4n) is 3.97. The van der Waals surface area contributed by atoms with Crippen molar-refractivity contribution in [1.29, 1.82) is 0 Å². The van der Waals surface area contributed by atoms with Gasteiger partial charge in [-0.05, 0) is 48.6 Å². The monoisotopic (exact) mass is 464 g/mol. The maximum absolute atomic E-state index is 12.3. The quantitative estimate of drug-likeness (QED) is 0.376. The Labute approximate surface area is 193 Å². The molecular weight excluding hydrogens is 444 g/mol. The Balaban J connectivity index is 1.18. The minimum absolute atomic E-state index is 0.167. The number of hydrogen-bond acceptors (Lipinski definition) is 9. The van der Waals surface area contributed by atoms with E-state index < -0.39 is 0 Å². The number of aromatic nitrogens is 8. The first-order chi connectivity index (χ1) is 16.1. The van der Waals surface area contributed by atoms with Crippen LogP contribution >= 0.6 is 11.6 Å². The van der Waals surface area contributed by atoms with Crippen LogP contribution in [0.15, 0.2) is 53.8 Å². The van der Waals surface area contributed by atoms with Crippen molar-refractivity contribution in [2.75, 3.05) is 17.2 Å². The third-order valence-corrected chi connectivity index (χ3v) is 5.82. The molecule has 12 heteroatoms. The van der Waals surface area contributed by atoms with Crippen molar-refractivity contribution < 1.29 is 0 Å². The van der Waals surface area contributed by atoms with Crippen molar-refractivity contribution >= 4 is 23.2 Å². The zero-order chi connectivity index (χ0) is 22.6. The first-order valence-electron chi connectivity index (χ1n) is 10.5. The molecule has 0 saturated heterocycles. The van der Waals surface area contributed by atoms with Crippen molar-refractivity contribution in [3.63, 3.8) is 0 Å². The molecular formula is C21H21ClN10O. The highest BCUT2D eigenvalue weighted by molar-refractivity contribution is 6.29. The predicted molar refractivity (Wildman–Crippen MR) is 123 cm³/mol. The summed E-state index contributed by atoms with van der Waals surface area (Å²) < 4.78 is 1.51. The molecule has 3 N–H and O–H groups in total. The standard InChI is InChI=1S/C21H21ClN10O/c22-17-10-26-19(11-23-17)27-15-3-1-13(7-15)8-24-18-5-4-16(9-25-18)32-12-14(2-6-20(32)33)21-28-30-31-29-21/h2,4-6,9-13,15H,1,3,7-8H2,(H,24,25)(H,26,27)(H,28,29,30,31)/t13-,15-/m0/s1. The Morgan fingerprint density at radius 1 is 1.06 bits per heavy atom. The number of H-pyrrole nitrogens is 1. The first-order valence-corrected chi connectivity index (χ1v) is 10.9. The van der Waals surface area contributed by atoms with Gasteiger partial charge in [0.1, 0.15) is 16.8 Å². The molecule has 33 heavy (non-hydrogen) atoms. The van der Waals surface area contributed by atoms with E-state index in [4.69, 9.17) is 11.6 Å². The Bertz CT molecular complexity index is 1260. The summed E-state index contributed by atoms with van der Waals surface area (Å²) in [6.45, 7) is 0.823. The van der Waals surface area contributed by atoms with Gasteiger partial charge in [0.05, 0.1) is 24.3 Å². The van der Waals surface area contributed by atoms with Crippen molar-refractivity contribution in [3.05, 3.63) is 64.6 Å². The van der Waals surface area contributed by atoms with E-state index in [0.29, 0.717) is 34.2 Å². The van der Waals surface area contributed by atoms with Gasteiger partial charge in [-0.25, -0.2) is 15.0 Å². The molecule has 0 amide bonds. The highest BCUT2D eigenvalue weighted by atomic mass is 35.5. The zero-order valence-electron chi connectivity index (χ0n) is 17.5. The molecule has 1 aliphatic carbocycles. The summed E-state index contributed by atoms with van der Waals surface area (Å²) in [7, 11) is 0. The van der Waals surface area contributed by atoms with Gasteiger partial charge >= 0.3 is 0 Å². The number of rotatable bonds is 7. The molecule has 0 radical (unpaired) electrons. The third-order valence-electron chi connectivity index (χ3n) is 5.63. The summed E-state index contributed by atoms with van der Waals surface area (Å²) in [5, 5.41) is 21.1. The molecule has 4 aromatic rings. The van der Waals surface area contributed by atoms with Crippen LogP contribution in [0.5, 0.6) is 0 Å². The van der Waals surface area contributed by atoms with Gasteiger partial charge in [-0.15, -0.1) is 10.2 Å². The van der Waals surface area contributed by atoms with Gasteiger partial charge in [-0.1, -0.05) is 11.6 Å². The highest BCUT2D eigenvalue weighted by Gasteiger charge is 2.24. The van der Waals surface area contributed by atoms with Gasteiger partial charge in [0.15, 0.2) is 0 Å². The largest absolute Gasteiger partial charge is 0.370 e. The van der Waals surface area contributed by atoms with Gasteiger partial charge in [0.2, 0.25) is 5.82 Å². The SMILES string of the molecule is O=c1ccc(-c2nn[nH]n2)cn1-c1ccc(NC[C@H]2CC[C@H](Nc3cnc(Cl)cn3)C2)nc1. The van der Waals surface area contributed by atoms with Crippen LogP contribution in [0.2, 0.25) is 5.15 Å². The number of halogens is 1. The second-order valence-corrected chi connectivity index (χ2v) is 8.28. The maximum atomic E-state index is 12.3. The van der Waals surface area contributed by atoms with Crippen molar-refractivity contribution in [3.8, 4) is 17.1 Å². The average Bonchev–Trinajstić information content (AvgIpc) is 3.53. The molecule has 4 heterocycles. The summed E-state index contributed by atoms with van der Waals surface area (Å²) >= 11 is 5.79. The number of nitrogens with one attached hydrogen (secondary N) is 3. The molecule has 0 spiro atoms. The average molecular weight is 465 g/mol. The van der Waals surface area contributed by atoms with Crippen LogP contribution in [0, 0.1) is 5.92 Å². The van der Waals surface area contributed by atoms with Crippen LogP contribution in [-0.2, 0) is 0 Å². The summed E-state index contributed by atoms with van der Waals surface area (Å²) in [5.41, 5.74) is 1.17. The van der Waals surface area contributed by atoms with Crippen LogP contribution in [0.1, 0.15) is 19.3 Å². The van der Waals surface area contributed by atoms with Crippen LogP contribution in [0.4, 0.5) is 11.6 Å². The highest BCUT2D eigenvalue weighted by Crippen LogP contribution is 2.28. The van der Waals surface area contributed by atoms with Crippen LogP contribution < -0.4 is 16.2 Å². The van der Waals surface area contributed by atoms with Gasteiger partial charge in [-0.2, -0.15) is 5.21 Å². The van der Waals surface area contributed by atoms with Crippen molar-refractivity contribution in [2.24, 2.45) is 5.92 Å². The minimum atomic E-state index is -0.167. The van der Waals surface area contributed by atoms with E-state index >= 15 is 0 Å². The normalized spacial score (nSPS) is 17.7. The molecule has 5 rings (SSSR count). The van der Waals surface area contributed by atoms with Crippen LogP contribution in [-0.4, -0.2) is 52.7 Å². The molecule has 1 aliphatic rings. The number of nitrogens with zero attached hydrogens (tertiary/aromatic N) is 7. The van der Waals surface area contributed by atoms with Crippen LogP contribution in [0.3, 0.4) is 0 Å². The molecule has 168 valence electrons. The lowest BCUT2D eigenvalue weighted by Gasteiger charge is -2.15. The number of anilines is 2. The Hall–Kier alpha value is -3.86. The second kappa shape index (κ2) is 9.33. The lowest BCUT2D eigenvalue weighted by molar-refractivity contribution is 0.571. The van der Waals surface area contributed by atoms with E-state index in [-0.39, 0.29) is 5.56 Å². The summed E-state index contributed by atoms with van der Waals surface area (Å²) in [6.07, 6.45) is 9.76. The molecule has 4 aromatic heterocycles. The second-order valence-electron chi connectivity index (χ2n) is 7.89. The lowest BCUT2D eigenvalue weighted by atomic mass is 10.1. The van der Waals surface area contributed by atoms with Gasteiger partial charge in [0.25, 0.3) is 5.56 Å². The van der Waals surface area contributed by atoms with Crippen molar-refractivity contribution in [2.45, 2.75) is 25.3 Å². The number of aromatic amines is 1. The van der Waals surface area contributed by atoms with E-state index in [1.54, 1.807) is 30.9 Å². The Morgan fingerprint density at radius 2 is 1.97 bits per heavy atom.